The Morgan fingerprint density at radius 1 is 1.50 bits per heavy atom. The summed E-state index contributed by atoms with van der Waals surface area (Å²) in [4.78, 5) is 4.64. The summed E-state index contributed by atoms with van der Waals surface area (Å²) < 4.78 is 2.28. The van der Waals surface area contributed by atoms with Crippen molar-refractivity contribution in [1.82, 2.24) is 9.55 Å². The van der Waals surface area contributed by atoms with Crippen LogP contribution in [0.25, 0.3) is 11.0 Å². The van der Waals surface area contributed by atoms with Gasteiger partial charge in [-0.25, -0.2) is 4.98 Å². The molecule has 92 valence electrons. The highest BCUT2D eigenvalue weighted by atomic mass is 35.5. The van der Waals surface area contributed by atoms with E-state index < -0.39 is 0 Å². The molecule has 0 amide bonds. The second-order valence-electron chi connectivity index (χ2n) is 5.08. The first-order valence-electron chi connectivity index (χ1n) is 6.16. The number of alkyl halides is 1. The highest BCUT2D eigenvalue weighted by Crippen LogP contribution is 2.45. The number of aromatic nitrogens is 2. The fourth-order valence-corrected chi connectivity index (χ4v) is 2.67. The van der Waals surface area contributed by atoms with Crippen molar-refractivity contribution in [3.63, 3.8) is 0 Å². The fourth-order valence-electron chi connectivity index (χ4n) is 2.50. The third kappa shape index (κ3) is 1.60. The van der Waals surface area contributed by atoms with E-state index in [4.69, 9.17) is 16.9 Å². The Morgan fingerprint density at radius 3 is 2.89 bits per heavy atom. The topological polar surface area (TPSA) is 41.6 Å². The zero-order valence-electron chi connectivity index (χ0n) is 10.3. The van der Waals surface area contributed by atoms with Gasteiger partial charge < -0.3 is 4.57 Å². The third-order valence-electron chi connectivity index (χ3n) is 3.71. The van der Waals surface area contributed by atoms with E-state index in [1.54, 1.807) is 0 Å². The number of fused-ring (bicyclic) bond motifs is 1. The maximum Gasteiger partial charge on any atom is 0.111 e. The van der Waals surface area contributed by atoms with Gasteiger partial charge in [-0.2, -0.15) is 5.26 Å². The van der Waals surface area contributed by atoms with Crippen molar-refractivity contribution >= 4 is 22.6 Å². The summed E-state index contributed by atoms with van der Waals surface area (Å²) in [6.45, 7) is 2.24. The average Bonchev–Trinajstić information content (AvgIpc) is 2.99. The van der Waals surface area contributed by atoms with Crippen LogP contribution >= 0.6 is 11.6 Å². The van der Waals surface area contributed by atoms with Gasteiger partial charge in [0, 0.05) is 17.8 Å². The van der Waals surface area contributed by atoms with Gasteiger partial charge >= 0.3 is 0 Å². The van der Waals surface area contributed by atoms with E-state index in [0.717, 1.165) is 23.3 Å². The van der Waals surface area contributed by atoms with E-state index in [0.29, 0.717) is 11.4 Å². The molecule has 3 nitrogen and oxygen atoms in total. The Balaban J connectivity index is 2.30. The van der Waals surface area contributed by atoms with Crippen LogP contribution < -0.4 is 0 Å². The lowest BCUT2D eigenvalue weighted by Crippen LogP contribution is -2.16. The summed E-state index contributed by atoms with van der Waals surface area (Å²) in [6.07, 6.45) is 3.09. The zero-order valence-corrected chi connectivity index (χ0v) is 11.0. The Morgan fingerprint density at radius 2 is 2.28 bits per heavy atom. The second kappa shape index (κ2) is 4.00. The normalized spacial score (nSPS) is 16.7. The predicted molar refractivity (Wildman–Crippen MR) is 71.8 cm³/mol. The fraction of sp³-hybridized carbons (Fsp3) is 0.429. The molecule has 0 spiro atoms. The Kier molecular flexibility index (Phi) is 2.57. The predicted octanol–water partition coefficient (Wildman–Crippen LogP) is 3.20. The van der Waals surface area contributed by atoms with E-state index in [1.165, 1.54) is 12.8 Å². The van der Waals surface area contributed by atoms with E-state index in [2.05, 4.69) is 22.5 Å². The summed E-state index contributed by atoms with van der Waals surface area (Å²) in [7, 11) is 0. The molecule has 2 aromatic rings. The number of nitriles is 1. The molecule has 0 atom stereocenters. The summed E-state index contributed by atoms with van der Waals surface area (Å²) in [5.74, 6) is 1.56. The molecule has 0 saturated heterocycles. The quantitative estimate of drug-likeness (QED) is 0.795. The first kappa shape index (κ1) is 11.6. The number of aryl methyl sites for hydroxylation is 1. The molecule has 1 fully saturated rings. The van der Waals surface area contributed by atoms with Crippen molar-refractivity contribution in [1.29, 1.82) is 5.26 Å². The number of nitrogens with zero attached hydrogens (tertiary/aromatic N) is 3. The van der Waals surface area contributed by atoms with Crippen LogP contribution in [0.15, 0.2) is 18.2 Å². The smallest absolute Gasteiger partial charge is 0.111 e. The van der Waals surface area contributed by atoms with Crippen LogP contribution in [-0.4, -0.2) is 15.4 Å². The number of para-hydroxylation sites is 1. The van der Waals surface area contributed by atoms with Gasteiger partial charge in [0.05, 0.1) is 11.1 Å². The molecule has 0 N–H and O–H groups in total. The van der Waals surface area contributed by atoms with Crippen LogP contribution in [-0.2, 0) is 12.0 Å². The van der Waals surface area contributed by atoms with Gasteiger partial charge in [0.2, 0.25) is 0 Å². The number of halogens is 1. The number of benzene rings is 1. The largest absolute Gasteiger partial charge is 0.322 e. The molecule has 0 bridgehead atoms. The molecule has 1 aromatic carbocycles. The van der Waals surface area contributed by atoms with Gasteiger partial charge in [-0.15, -0.1) is 11.6 Å². The molecule has 0 aliphatic heterocycles. The van der Waals surface area contributed by atoms with Crippen molar-refractivity contribution < 1.29 is 0 Å². The third-order valence-corrected chi connectivity index (χ3v) is 3.90. The van der Waals surface area contributed by atoms with Gasteiger partial charge in [-0.1, -0.05) is 6.07 Å². The lowest BCUT2D eigenvalue weighted by Gasteiger charge is -2.15. The lowest BCUT2D eigenvalue weighted by molar-refractivity contribution is 0.525. The van der Waals surface area contributed by atoms with Gasteiger partial charge in [-0.05, 0) is 31.9 Å². The number of imidazole rings is 1. The molecule has 18 heavy (non-hydrogen) atoms. The number of rotatable bonds is 3. The lowest BCUT2D eigenvalue weighted by atomic mass is 10.2. The van der Waals surface area contributed by atoms with Gasteiger partial charge in [0.1, 0.15) is 17.4 Å². The summed E-state index contributed by atoms with van der Waals surface area (Å²) in [5, 5.41) is 9.16. The van der Waals surface area contributed by atoms with Gasteiger partial charge in [0.15, 0.2) is 0 Å². The first-order valence-corrected chi connectivity index (χ1v) is 6.70. The van der Waals surface area contributed by atoms with Crippen LogP contribution in [0.5, 0.6) is 0 Å². The first-order chi connectivity index (χ1) is 8.69. The minimum atomic E-state index is 0.171. The van der Waals surface area contributed by atoms with Crippen LogP contribution in [0, 0.1) is 11.3 Å². The highest BCUT2D eigenvalue weighted by Gasteiger charge is 2.41. The molecular weight excluding hydrogens is 246 g/mol. The van der Waals surface area contributed by atoms with E-state index in [-0.39, 0.29) is 5.54 Å². The maximum atomic E-state index is 9.16. The average molecular weight is 260 g/mol. The zero-order chi connectivity index (χ0) is 12.8. The van der Waals surface area contributed by atoms with Crippen molar-refractivity contribution in [2.24, 2.45) is 0 Å². The number of hydrogen-bond acceptors (Lipinski definition) is 2. The van der Waals surface area contributed by atoms with E-state index >= 15 is 0 Å². The van der Waals surface area contributed by atoms with Crippen LogP contribution in [0.4, 0.5) is 0 Å². The minimum Gasteiger partial charge on any atom is -0.322 e. The summed E-state index contributed by atoms with van der Waals surface area (Å²) in [5.41, 5.74) is 2.69. The van der Waals surface area contributed by atoms with Crippen molar-refractivity contribution in [2.45, 2.75) is 31.7 Å². The SMILES string of the molecule is CC1(n2c(CCCl)nc3c(C#N)cccc32)CC1. The molecule has 1 aliphatic carbocycles. The highest BCUT2D eigenvalue weighted by molar-refractivity contribution is 6.17. The molecule has 1 aliphatic rings. The summed E-state index contributed by atoms with van der Waals surface area (Å²) in [6, 6.07) is 8.01. The van der Waals surface area contributed by atoms with E-state index in [9.17, 15) is 0 Å². The summed E-state index contributed by atoms with van der Waals surface area (Å²) >= 11 is 5.86. The number of hydrogen-bond donors (Lipinski definition) is 0. The molecule has 1 saturated carbocycles. The maximum absolute atomic E-state index is 9.16. The second-order valence-corrected chi connectivity index (χ2v) is 5.46. The molecule has 1 heterocycles. The van der Waals surface area contributed by atoms with Crippen molar-refractivity contribution in [2.75, 3.05) is 5.88 Å². The Labute approximate surface area is 111 Å². The van der Waals surface area contributed by atoms with Crippen LogP contribution in [0.1, 0.15) is 31.2 Å². The van der Waals surface area contributed by atoms with Gasteiger partial charge in [0.25, 0.3) is 0 Å². The molecule has 0 radical (unpaired) electrons. The van der Waals surface area contributed by atoms with E-state index in [1.807, 2.05) is 18.2 Å². The van der Waals surface area contributed by atoms with Crippen molar-refractivity contribution in [3.05, 3.63) is 29.6 Å². The molecular formula is C14H14ClN3. The van der Waals surface area contributed by atoms with Crippen molar-refractivity contribution in [3.8, 4) is 6.07 Å². The molecule has 3 rings (SSSR count). The monoisotopic (exact) mass is 259 g/mol. The minimum absolute atomic E-state index is 0.171. The van der Waals surface area contributed by atoms with Crippen LogP contribution in [0.2, 0.25) is 0 Å². The van der Waals surface area contributed by atoms with Crippen LogP contribution in [0.3, 0.4) is 0 Å². The Hall–Kier alpha value is -1.53. The Bertz CT molecular complexity index is 647. The standard InChI is InChI=1S/C14H14ClN3/c1-14(6-7-14)18-11-4-2-3-10(9-16)13(11)17-12(18)5-8-15/h2-4H,5-8H2,1H3. The molecule has 0 unspecified atom stereocenters. The van der Waals surface area contributed by atoms with Gasteiger partial charge in [-0.3, -0.25) is 0 Å². The molecule has 4 heteroatoms. The molecule has 1 aromatic heterocycles.